The van der Waals surface area contributed by atoms with Gasteiger partial charge in [0.05, 0.1) is 12.2 Å². The van der Waals surface area contributed by atoms with Crippen LogP contribution in [0.4, 0.5) is 0 Å². The molecule has 1 unspecified atom stereocenters. The molecule has 0 aliphatic heterocycles. The number of carboxylic acids is 1. The van der Waals surface area contributed by atoms with Crippen molar-refractivity contribution < 1.29 is 32.0 Å². The number of ether oxygens (including phenoxy) is 2. The maximum Gasteiger partial charge on any atom is 0.337 e. The Morgan fingerprint density at radius 1 is 1.07 bits per heavy atom. The molecule has 0 saturated carbocycles. The van der Waals surface area contributed by atoms with Crippen molar-refractivity contribution >= 4 is 16.1 Å². The number of aryl methyl sites for hydroxylation is 1. The van der Waals surface area contributed by atoms with Gasteiger partial charge >= 0.3 is 5.97 Å². The predicted octanol–water partition coefficient (Wildman–Crippen LogP) is 3.74. The van der Waals surface area contributed by atoms with Crippen molar-refractivity contribution in [2.75, 3.05) is 20.3 Å². The minimum atomic E-state index is -4.07. The van der Waals surface area contributed by atoms with Gasteiger partial charge in [-0.3, -0.25) is 4.18 Å². The summed E-state index contributed by atoms with van der Waals surface area (Å²) in [4.78, 5) is 10.7. The number of rotatable bonds is 10. The molecular formula is C21H28O7S. The third-order valence-corrected chi connectivity index (χ3v) is 5.18. The number of carbonyl (C=O) groups is 1. The minimum Gasteiger partial charge on any atom is -0.478 e. The van der Waals surface area contributed by atoms with Crippen molar-refractivity contribution in [1.82, 2.24) is 0 Å². The Morgan fingerprint density at radius 2 is 1.69 bits per heavy atom. The van der Waals surface area contributed by atoms with E-state index >= 15 is 0 Å². The monoisotopic (exact) mass is 424 g/mol. The minimum absolute atomic E-state index is 0.00514. The van der Waals surface area contributed by atoms with E-state index in [0.29, 0.717) is 12.8 Å². The maximum absolute atomic E-state index is 12.1. The van der Waals surface area contributed by atoms with E-state index in [4.69, 9.17) is 18.8 Å². The van der Waals surface area contributed by atoms with Gasteiger partial charge in [-0.2, -0.15) is 8.42 Å². The Morgan fingerprint density at radius 3 is 2.24 bits per heavy atom. The van der Waals surface area contributed by atoms with Crippen LogP contribution in [-0.4, -0.2) is 46.1 Å². The molecule has 1 atom stereocenters. The molecule has 0 aliphatic rings. The average molecular weight is 425 g/mol. The quantitative estimate of drug-likeness (QED) is 0.352. The summed E-state index contributed by atoms with van der Waals surface area (Å²) in [6.07, 6.45) is 1.17. The average Bonchev–Trinajstić information content (AvgIpc) is 2.72. The number of hydrogen-bond acceptors (Lipinski definition) is 6. The molecule has 8 heteroatoms. The normalized spacial score (nSPS) is 12.0. The first-order chi connectivity index (χ1) is 13.8. The van der Waals surface area contributed by atoms with Crippen LogP contribution in [0.1, 0.15) is 36.2 Å². The van der Waals surface area contributed by atoms with Gasteiger partial charge in [0.15, 0.2) is 6.29 Å². The molecule has 0 aromatic heterocycles. The van der Waals surface area contributed by atoms with Crippen molar-refractivity contribution in [2.24, 2.45) is 0 Å². The Hall–Kier alpha value is -2.26. The fourth-order valence-electron chi connectivity index (χ4n) is 2.32. The van der Waals surface area contributed by atoms with Crippen LogP contribution in [0.25, 0.3) is 0 Å². The number of aromatic carboxylic acids is 1. The van der Waals surface area contributed by atoms with E-state index in [2.05, 4.69) is 0 Å². The molecule has 160 valence electrons. The van der Waals surface area contributed by atoms with Gasteiger partial charge in [-0.05, 0) is 44.4 Å². The summed E-state index contributed by atoms with van der Waals surface area (Å²) in [6, 6.07) is 15.0. The highest BCUT2D eigenvalue weighted by Crippen LogP contribution is 2.18. The standard InChI is InChI=1S/C16H16O5S.C5H12O2/c17-16(18)14-10-4-5-11-15(14)22(19,20)21-12-6-9-13-7-2-1-3-8-13;1-4-7-5(2)6-3/h1-5,7-8,10-11H,6,9,12H2,(H,17,18);5H,4H2,1-3H3. The molecular weight excluding hydrogens is 396 g/mol. The maximum atomic E-state index is 12.1. The third kappa shape index (κ3) is 9.19. The van der Waals surface area contributed by atoms with Crippen molar-refractivity contribution in [2.45, 2.75) is 37.9 Å². The second-order valence-electron chi connectivity index (χ2n) is 5.93. The van der Waals surface area contributed by atoms with Gasteiger partial charge in [0, 0.05) is 13.7 Å². The fraction of sp³-hybridized carbons (Fsp3) is 0.381. The van der Waals surface area contributed by atoms with Gasteiger partial charge in [0.25, 0.3) is 10.1 Å². The van der Waals surface area contributed by atoms with Crippen LogP contribution in [-0.2, 0) is 30.2 Å². The van der Waals surface area contributed by atoms with Crippen LogP contribution in [0.2, 0.25) is 0 Å². The molecule has 0 bridgehead atoms. The van der Waals surface area contributed by atoms with E-state index in [1.165, 1.54) is 24.3 Å². The first-order valence-corrected chi connectivity index (χ1v) is 10.6. The van der Waals surface area contributed by atoms with E-state index in [9.17, 15) is 13.2 Å². The largest absolute Gasteiger partial charge is 0.478 e. The van der Waals surface area contributed by atoms with E-state index in [1.807, 2.05) is 44.2 Å². The van der Waals surface area contributed by atoms with Crippen LogP contribution in [0, 0.1) is 0 Å². The zero-order valence-electron chi connectivity index (χ0n) is 16.9. The highest BCUT2D eigenvalue weighted by Gasteiger charge is 2.22. The van der Waals surface area contributed by atoms with Crippen molar-refractivity contribution in [3.63, 3.8) is 0 Å². The lowest BCUT2D eigenvalue weighted by Gasteiger charge is -2.08. The second-order valence-corrected chi connectivity index (χ2v) is 7.51. The van der Waals surface area contributed by atoms with Crippen LogP contribution >= 0.6 is 0 Å². The molecule has 0 radical (unpaired) electrons. The lowest BCUT2D eigenvalue weighted by Crippen LogP contribution is -2.13. The van der Waals surface area contributed by atoms with Gasteiger partial charge in [-0.1, -0.05) is 42.5 Å². The van der Waals surface area contributed by atoms with Crippen LogP contribution in [0.5, 0.6) is 0 Å². The van der Waals surface area contributed by atoms with Gasteiger partial charge < -0.3 is 14.6 Å². The molecule has 0 fully saturated rings. The summed E-state index contributed by atoms with van der Waals surface area (Å²) in [6.45, 7) is 4.53. The van der Waals surface area contributed by atoms with Crippen molar-refractivity contribution in [3.05, 3.63) is 65.7 Å². The summed E-state index contributed by atoms with van der Waals surface area (Å²) in [5.74, 6) is -1.30. The first-order valence-electron chi connectivity index (χ1n) is 9.21. The molecule has 2 aromatic carbocycles. The molecule has 2 rings (SSSR count). The van der Waals surface area contributed by atoms with E-state index in [0.717, 1.165) is 12.2 Å². The zero-order valence-corrected chi connectivity index (χ0v) is 17.7. The highest BCUT2D eigenvalue weighted by atomic mass is 32.2. The van der Waals surface area contributed by atoms with Crippen molar-refractivity contribution in [1.29, 1.82) is 0 Å². The summed E-state index contributed by atoms with van der Waals surface area (Å²) >= 11 is 0. The lowest BCUT2D eigenvalue weighted by molar-refractivity contribution is -0.106. The molecule has 1 N–H and O–H groups in total. The Labute approximate surface area is 172 Å². The Balaban J connectivity index is 0.000000516. The molecule has 7 nitrogen and oxygen atoms in total. The number of methoxy groups -OCH3 is 1. The van der Waals surface area contributed by atoms with Gasteiger partial charge in [0.1, 0.15) is 4.90 Å². The topological polar surface area (TPSA) is 99.1 Å². The van der Waals surface area contributed by atoms with E-state index in [1.54, 1.807) is 7.11 Å². The third-order valence-electron chi connectivity index (χ3n) is 3.81. The molecule has 0 amide bonds. The molecule has 0 aliphatic carbocycles. The zero-order chi connectivity index (χ0) is 21.7. The van der Waals surface area contributed by atoms with Crippen LogP contribution in [0.3, 0.4) is 0 Å². The SMILES string of the molecule is CCOC(C)OC.O=C(O)c1ccccc1S(=O)(=O)OCCCc1ccccc1. The Bertz CT molecular complexity index is 835. The van der Waals surface area contributed by atoms with E-state index in [-0.39, 0.29) is 23.4 Å². The number of carboxylic acid groups (broad SMARTS) is 1. The molecule has 0 spiro atoms. The summed E-state index contributed by atoms with van der Waals surface area (Å²) in [5.41, 5.74) is 0.806. The number of hydrogen-bond donors (Lipinski definition) is 1. The number of benzene rings is 2. The summed E-state index contributed by atoms with van der Waals surface area (Å²) in [7, 11) is -2.45. The first kappa shape index (κ1) is 24.8. The van der Waals surface area contributed by atoms with Crippen molar-refractivity contribution in [3.8, 4) is 0 Å². The Kier molecular flexibility index (Phi) is 11.2. The van der Waals surface area contributed by atoms with Crippen LogP contribution in [0.15, 0.2) is 59.5 Å². The predicted molar refractivity (Wildman–Crippen MR) is 109 cm³/mol. The molecule has 0 saturated heterocycles. The fourth-order valence-corrected chi connectivity index (χ4v) is 3.45. The smallest absolute Gasteiger partial charge is 0.337 e. The molecule has 29 heavy (non-hydrogen) atoms. The molecule has 2 aromatic rings. The van der Waals surface area contributed by atoms with E-state index < -0.39 is 16.1 Å². The molecule has 0 heterocycles. The van der Waals surface area contributed by atoms with Gasteiger partial charge in [-0.25, -0.2) is 4.79 Å². The highest BCUT2D eigenvalue weighted by molar-refractivity contribution is 7.86. The van der Waals surface area contributed by atoms with Crippen LogP contribution < -0.4 is 0 Å². The second kappa shape index (κ2) is 13.1. The lowest BCUT2D eigenvalue weighted by atomic mass is 10.1. The summed E-state index contributed by atoms with van der Waals surface area (Å²) in [5, 5.41) is 9.03. The summed E-state index contributed by atoms with van der Waals surface area (Å²) < 4.78 is 38.8. The van der Waals surface area contributed by atoms with Gasteiger partial charge in [0.2, 0.25) is 0 Å². The van der Waals surface area contributed by atoms with Gasteiger partial charge in [-0.15, -0.1) is 0 Å².